The van der Waals surface area contributed by atoms with Crippen LogP contribution in [0.2, 0.25) is 10.0 Å². The van der Waals surface area contributed by atoms with E-state index >= 15 is 24.0 Å². The molecule has 7 aromatic carbocycles. The number of phenolic OH excluding ortho intramolecular Hbond substituents is 5. The largest absolute Gasteiger partial charge is 0.508 e. The van der Waals surface area contributed by atoms with Crippen LogP contribution in [-0.4, -0.2) is 182 Å². The molecule has 0 aromatic heterocycles. The molecule has 17 bridgehead atoms. The first-order chi connectivity index (χ1) is 55.4. The number of phenols is 5. The monoisotopic (exact) mass is 1640 g/mol. The fourth-order valence-corrected chi connectivity index (χ4v) is 15.0. The summed E-state index contributed by atoms with van der Waals surface area (Å²) in [5, 5.41) is 128. The molecule has 0 radical (unpaired) electrons. The van der Waals surface area contributed by atoms with Crippen molar-refractivity contribution in [3.05, 3.63) is 164 Å². The second-order valence-electron chi connectivity index (χ2n) is 29.9. The molecule has 0 unspecified atom stereocenters. The molecular formula is C82H92Cl2N10O22. The molecule has 1 saturated heterocycles. The van der Waals surface area contributed by atoms with E-state index in [-0.39, 0.29) is 80.8 Å². The van der Waals surface area contributed by atoms with Crippen LogP contribution in [0.25, 0.3) is 11.1 Å². The van der Waals surface area contributed by atoms with E-state index in [1.165, 1.54) is 61.6 Å². The first kappa shape index (κ1) is 84.2. The van der Waals surface area contributed by atoms with Gasteiger partial charge in [-0.1, -0.05) is 106 Å². The first-order valence-corrected chi connectivity index (χ1v) is 38.7. The van der Waals surface area contributed by atoms with Crippen LogP contribution in [-0.2, 0) is 49.5 Å². The lowest BCUT2D eigenvalue weighted by Crippen LogP contribution is -2.65. The van der Waals surface area contributed by atoms with Crippen LogP contribution >= 0.6 is 23.2 Å². The smallest absolute Gasteiger partial charge is 0.248 e. The molecule has 7 aromatic rings. The molecule has 616 valence electrons. The van der Waals surface area contributed by atoms with Gasteiger partial charge >= 0.3 is 0 Å². The average molecular weight is 1640 g/mol. The summed E-state index contributed by atoms with van der Waals surface area (Å²) in [6.07, 6.45) is -3.42. The van der Waals surface area contributed by atoms with Gasteiger partial charge in [0.15, 0.2) is 23.0 Å². The number of amides is 8. The summed E-state index contributed by atoms with van der Waals surface area (Å²) in [6.45, 7) is 3.91. The standard InChI is InChI=1S/C82H92Cl2N10O22/c1-38(2)13-10-8-6-7-9-11-14-61(101)88-70-73(104)72(103)60(37-95)115-82(70)116-74-58-31-43-32-59(74)114-56-24-19-42(29-50(56)83)71(102)69-81(111)92-67(76(106)86-25-12-26-94(4)5)48-33-44(96)34-54(99)62(48)47-28-40(17-22-52(47)97)65(78(108)93-69)89-79(109)66(43)90-80(110)68-49-35-46(36-55(100)63(49)84)113-57-30-41(18-23-53(57)98)64(85-3)77(107)87-51(75(105)91-68)27-39-15-20-45(112-58)21-16-39/h15-24,28-36,38,51,60,64-73,82,85,95-100,102-104H,6-14,25-27,37H2,1-5H3,(H,86,106)(H,87,107)(H,88,101)(H,89,109)(H,90,110)(H,91,105)(H,92,111)(H,93,108)/t51-,60-,64-,65-,66-,67-,68+,69+,70-,71-,72-,73-,82+/m1/s1. The number of aromatic hydroxyl groups is 5. The van der Waals surface area contributed by atoms with Crippen molar-refractivity contribution in [2.24, 2.45) is 5.92 Å². The highest BCUT2D eigenvalue weighted by molar-refractivity contribution is 6.33. The number of rotatable bonds is 19. The van der Waals surface area contributed by atoms with Gasteiger partial charge in [0.2, 0.25) is 59.3 Å². The van der Waals surface area contributed by atoms with Crippen LogP contribution < -0.4 is 66.8 Å². The molecule has 13 atom stereocenters. The maximum atomic E-state index is 16.6. The van der Waals surface area contributed by atoms with E-state index in [2.05, 4.69) is 61.7 Å². The number of ether oxygens (including phenoxy) is 5. The Bertz CT molecular complexity index is 4880. The molecule has 7 heterocycles. The Morgan fingerprint density at radius 3 is 1.94 bits per heavy atom. The Labute approximate surface area is 676 Å². The number of unbranched alkanes of at least 4 members (excludes halogenated alkanes) is 5. The van der Waals surface area contributed by atoms with Crippen molar-refractivity contribution >= 4 is 70.5 Å². The highest BCUT2D eigenvalue weighted by Gasteiger charge is 2.48. The topological polar surface area (TPSA) is 476 Å². The van der Waals surface area contributed by atoms with E-state index < -0.39 is 195 Å². The normalized spacial score (nSPS) is 23.3. The summed E-state index contributed by atoms with van der Waals surface area (Å²) in [6, 6.07) is 7.82. The van der Waals surface area contributed by atoms with Gasteiger partial charge in [0.1, 0.15) is 113 Å². The third kappa shape index (κ3) is 19.2. The fourth-order valence-electron chi connectivity index (χ4n) is 14.6. The highest BCUT2D eigenvalue weighted by Crippen LogP contribution is 2.50. The Morgan fingerprint density at radius 1 is 0.586 bits per heavy atom. The van der Waals surface area contributed by atoms with Crippen molar-refractivity contribution in [3.63, 3.8) is 0 Å². The molecule has 32 nitrogen and oxygen atoms in total. The lowest BCUT2D eigenvalue weighted by Gasteiger charge is -2.42. The van der Waals surface area contributed by atoms with Crippen molar-refractivity contribution < 1.29 is 108 Å². The molecule has 0 spiro atoms. The predicted octanol–water partition coefficient (Wildman–Crippen LogP) is 6.60. The van der Waals surface area contributed by atoms with Crippen LogP contribution in [0.5, 0.6) is 69.0 Å². The minimum Gasteiger partial charge on any atom is -0.508 e. The van der Waals surface area contributed by atoms with Crippen LogP contribution in [0, 0.1) is 5.92 Å². The molecule has 34 heteroatoms. The second kappa shape index (κ2) is 36.7. The average Bonchev–Trinajstić information content (AvgIpc) is 0.761. The van der Waals surface area contributed by atoms with E-state index in [1.807, 2.05) is 4.90 Å². The van der Waals surface area contributed by atoms with Crippen molar-refractivity contribution in [1.29, 1.82) is 0 Å². The maximum Gasteiger partial charge on any atom is 0.248 e. The molecule has 7 aliphatic rings. The van der Waals surface area contributed by atoms with E-state index in [1.54, 1.807) is 14.1 Å². The first-order valence-electron chi connectivity index (χ1n) is 38.0. The number of carbonyl (C=O) groups excluding carboxylic acids is 8. The fraction of sp³-hybridized carbons (Fsp3) is 0.390. The number of halogens is 2. The third-order valence-corrected chi connectivity index (χ3v) is 21.4. The molecule has 0 saturated carbocycles. The number of nitrogens with one attached hydrogen (secondary N) is 9. The lowest BCUT2D eigenvalue weighted by molar-refractivity contribution is -0.244. The molecule has 1 fully saturated rings. The van der Waals surface area contributed by atoms with Gasteiger partial charge < -0.3 is 122 Å². The summed E-state index contributed by atoms with van der Waals surface area (Å²) in [7, 11) is 5.07. The number of benzene rings is 7. The quantitative estimate of drug-likeness (QED) is 0.0379. The van der Waals surface area contributed by atoms with E-state index in [0.717, 1.165) is 92.8 Å². The predicted molar refractivity (Wildman–Crippen MR) is 419 cm³/mol. The Morgan fingerprint density at radius 2 is 1.23 bits per heavy atom. The van der Waals surface area contributed by atoms with Crippen molar-refractivity contribution in [2.45, 2.75) is 157 Å². The van der Waals surface area contributed by atoms with E-state index in [0.29, 0.717) is 37.3 Å². The summed E-state index contributed by atoms with van der Waals surface area (Å²) in [4.78, 5) is 125. The number of aliphatic hydroxyl groups is 4. The number of nitrogens with zero attached hydrogens (tertiary/aromatic N) is 1. The van der Waals surface area contributed by atoms with Gasteiger partial charge in [-0.25, -0.2) is 0 Å². The van der Waals surface area contributed by atoms with Crippen LogP contribution in [0.3, 0.4) is 0 Å². The van der Waals surface area contributed by atoms with Gasteiger partial charge in [0.05, 0.1) is 16.7 Å². The second-order valence-corrected chi connectivity index (χ2v) is 30.7. The number of aliphatic hydroxyl groups excluding tert-OH is 4. The summed E-state index contributed by atoms with van der Waals surface area (Å²) in [5.74, 6) is -13.9. The maximum absolute atomic E-state index is 16.6. The van der Waals surface area contributed by atoms with E-state index in [4.69, 9.17) is 46.9 Å². The minimum atomic E-state index is -2.32. The van der Waals surface area contributed by atoms with Crippen molar-refractivity contribution in [3.8, 4) is 80.1 Å². The number of fused-ring (bicyclic) bond motifs is 14. The summed E-state index contributed by atoms with van der Waals surface area (Å²) < 4.78 is 32.8. The van der Waals surface area contributed by atoms with Gasteiger partial charge in [-0.2, -0.15) is 0 Å². The summed E-state index contributed by atoms with van der Waals surface area (Å²) in [5.41, 5.74) is -1.82. The summed E-state index contributed by atoms with van der Waals surface area (Å²) >= 11 is 14.2. The Kier molecular flexibility index (Phi) is 26.7. The number of hydrogen-bond acceptors (Lipinski definition) is 24. The molecule has 8 amide bonds. The Hall–Kier alpha value is -11.2. The molecular weight excluding hydrogens is 1550 g/mol. The third-order valence-electron chi connectivity index (χ3n) is 20.7. The van der Waals surface area contributed by atoms with Crippen molar-refractivity contribution in [1.82, 2.24) is 52.8 Å². The van der Waals surface area contributed by atoms with Crippen molar-refractivity contribution in [2.75, 3.05) is 40.8 Å². The zero-order valence-electron chi connectivity index (χ0n) is 63.8. The van der Waals surface area contributed by atoms with Gasteiger partial charge in [-0.15, -0.1) is 0 Å². The minimum absolute atomic E-state index is 0.0136. The van der Waals surface area contributed by atoms with E-state index in [9.17, 15) is 60.3 Å². The zero-order valence-corrected chi connectivity index (χ0v) is 65.3. The number of carbonyl (C=O) groups is 8. The van der Waals surface area contributed by atoms with Crippen LogP contribution in [0.4, 0.5) is 0 Å². The van der Waals surface area contributed by atoms with Gasteiger partial charge in [-0.3, -0.25) is 38.4 Å². The van der Waals surface area contributed by atoms with Gasteiger partial charge in [0.25, 0.3) is 0 Å². The van der Waals surface area contributed by atoms with Gasteiger partial charge in [0, 0.05) is 48.2 Å². The molecule has 116 heavy (non-hydrogen) atoms. The molecule has 18 N–H and O–H groups in total. The molecule has 7 aliphatic heterocycles. The highest BCUT2D eigenvalue weighted by atomic mass is 35.5. The van der Waals surface area contributed by atoms with Crippen LogP contribution in [0.15, 0.2) is 115 Å². The van der Waals surface area contributed by atoms with Crippen LogP contribution in [0.1, 0.15) is 147 Å². The number of hydrogen-bond donors (Lipinski definition) is 18. The van der Waals surface area contributed by atoms with Gasteiger partial charge in [-0.05, 0) is 153 Å². The number of likely N-dealkylation sites (N-methyl/N-ethyl adjacent to an activating group) is 1. The lowest BCUT2D eigenvalue weighted by atomic mass is 9.89. The SMILES string of the molecule is CN[C@H]1C(=O)N[C@@H]2Cc3ccc(cc3)Oc3cc4cc(c3O[C@@H]3O[C@H](CO)[C@@H](O)[C@H](O)[C@H]3NC(=O)CCCCCCCCC(C)C)Oc3ccc(cc3Cl)[C@@H](O)[C@@H]3NC(=O)[C@H](NC(=O)[C@@H]4NC(=O)[C@@H](NC2=O)c2cc(cc(O)c2Cl)Oc2cc1ccc2O)c1ccc(O)c(c1)-c1c(O)cc(O)cc1[C@H](C(=O)NCCCN(C)C)NC3=O. The zero-order chi connectivity index (χ0) is 83.1. The molecule has 14 rings (SSSR count). The molecule has 0 aliphatic carbocycles. The Balaban J connectivity index is 1.08.